The van der Waals surface area contributed by atoms with Gasteiger partial charge in [0.1, 0.15) is 5.75 Å². The fourth-order valence-electron chi connectivity index (χ4n) is 2.38. The van der Waals surface area contributed by atoms with Crippen LogP contribution in [0.2, 0.25) is 10.0 Å². The van der Waals surface area contributed by atoms with Crippen LogP contribution in [-0.4, -0.2) is 42.5 Å². The van der Waals surface area contributed by atoms with E-state index in [-0.39, 0.29) is 11.8 Å². The molecule has 1 heterocycles. The molecule has 1 unspecified atom stereocenters. The van der Waals surface area contributed by atoms with E-state index in [4.69, 9.17) is 27.9 Å². The van der Waals surface area contributed by atoms with E-state index in [0.717, 1.165) is 19.4 Å². The van der Waals surface area contributed by atoms with Crippen LogP contribution in [0.4, 0.5) is 0 Å². The fraction of sp³-hybridized carbons (Fsp3) is 0.500. The third-order valence-electron chi connectivity index (χ3n) is 3.64. The molecule has 1 saturated heterocycles. The molecular formula is C16H20Cl2N2O3. The lowest BCUT2D eigenvalue weighted by Gasteiger charge is -2.17. The van der Waals surface area contributed by atoms with Crippen molar-refractivity contribution in [2.45, 2.75) is 32.3 Å². The Morgan fingerprint density at radius 1 is 1.43 bits per heavy atom. The van der Waals surface area contributed by atoms with Gasteiger partial charge in [-0.15, -0.1) is 0 Å². The van der Waals surface area contributed by atoms with Gasteiger partial charge in [-0.05, 0) is 38.0 Å². The van der Waals surface area contributed by atoms with E-state index in [2.05, 4.69) is 5.32 Å². The number of likely N-dealkylation sites (tertiary alicyclic amines) is 1. The summed E-state index contributed by atoms with van der Waals surface area (Å²) in [6, 6.07) is 4.85. The van der Waals surface area contributed by atoms with Crippen LogP contribution in [0.5, 0.6) is 5.75 Å². The molecule has 1 N–H and O–H groups in total. The molecule has 1 aromatic rings. The number of amides is 2. The number of hydrogen-bond donors (Lipinski definition) is 1. The highest BCUT2D eigenvalue weighted by Crippen LogP contribution is 2.28. The maximum Gasteiger partial charge on any atom is 0.260 e. The molecule has 5 nitrogen and oxygen atoms in total. The van der Waals surface area contributed by atoms with Crippen molar-refractivity contribution >= 4 is 35.0 Å². The van der Waals surface area contributed by atoms with Crippen LogP contribution >= 0.6 is 23.2 Å². The Labute approximate surface area is 145 Å². The minimum atomic E-state index is -0.665. The molecule has 0 aromatic heterocycles. The number of nitrogens with zero attached hydrogens (tertiary/aromatic N) is 1. The van der Waals surface area contributed by atoms with Crippen LogP contribution in [0.25, 0.3) is 0 Å². The molecule has 0 spiro atoms. The SMILES string of the molecule is CC(Oc1ccc(Cl)cc1Cl)C(=O)NCCCN1CCCC1=O. The molecule has 2 rings (SSSR count). The number of carbonyl (C=O) groups excluding carboxylic acids is 2. The average Bonchev–Trinajstić information content (AvgIpc) is 2.91. The highest BCUT2D eigenvalue weighted by atomic mass is 35.5. The van der Waals surface area contributed by atoms with Gasteiger partial charge in [0.2, 0.25) is 5.91 Å². The summed E-state index contributed by atoms with van der Waals surface area (Å²) in [6.07, 6.45) is 1.63. The van der Waals surface area contributed by atoms with Gasteiger partial charge in [0.15, 0.2) is 6.10 Å². The molecular weight excluding hydrogens is 339 g/mol. The van der Waals surface area contributed by atoms with Crippen LogP contribution in [0, 0.1) is 0 Å². The van der Waals surface area contributed by atoms with E-state index >= 15 is 0 Å². The maximum atomic E-state index is 12.0. The first-order valence-corrected chi connectivity index (χ1v) is 8.40. The highest BCUT2D eigenvalue weighted by molar-refractivity contribution is 6.35. The minimum Gasteiger partial charge on any atom is -0.479 e. The van der Waals surface area contributed by atoms with Crippen LogP contribution in [-0.2, 0) is 9.59 Å². The summed E-state index contributed by atoms with van der Waals surface area (Å²) in [7, 11) is 0. The lowest BCUT2D eigenvalue weighted by molar-refractivity contribution is -0.127. The Balaban J connectivity index is 1.71. The molecule has 1 aliphatic rings. The maximum absolute atomic E-state index is 12.0. The van der Waals surface area contributed by atoms with Crippen molar-refractivity contribution in [2.75, 3.05) is 19.6 Å². The Morgan fingerprint density at radius 2 is 2.22 bits per heavy atom. The first-order valence-electron chi connectivity index (χ1n) is 7.64. The minimum absolute atomic E-state index is 0.199. The summed E-state index contributed by atoms with van der Waals surface area (Å²) in [5.74, 6) is 0.399. The number of ether oxygens (including phenoxy) is 1. The highest BCUT2D eigenvalue weighted by Gasteiger charge is 2.20. The molecule has 0 bridgehead atoms. The predicted molar refractivity (Wildman–Crippen MR) is 90.0 cm³/mol. The van der Waals surface area contributed by atoms with E-state index in [1.165, 1.54) is 0 Å². The van der Waals surface area contributed by atoms with Crippen molar-refractivity contribution in [2.24, 2.45) is 0 Å². The van der Waals surface area contributed by atoms with Crippen molar-refractivity contribution < 1.29 is 14.3 Å². The molecule has 0 radical (unpaired) electrons. The number of carbonyl (C=O) groups is 2. The summed E-state index contributed by atoms with van der Waals surface area (Å²) < 4.78 is 5.54. The Hall–Kier alpha value is -1.46. The number of rotatable bonds is 7. The van der Waals surface area contributed by atoms with Gasteiger partial charge in [-0.3, -0.25) is 9.59 Å². The molecule has 7 heteroatoms. The zero-order valence-corrected chi connectivity index (χ0v) is 14.5. The van der Waals surface area contributed by atoms with Crippen molar-refractivity contribution in [3.05, 3.63) is 28.2 Å². The second-order valence-electron chi connectivity index (χ2n) is 5.46. The molecule has 1 aliphatic heterocycles. The van der Waals surface area contributed by atoms with Crippen molar-refractivity contribution in [3.8, 4) is 5.75 Å². The Morgan fingerprint density at radius 3 is 2.87 bits per heavy atom. The molecule has 0 saturated carbocycles. The fourth-order valence-corrected chi connectivity index (χ4v) is 2.83. The van der Waals surface area contributed by atoms with Crippen LogP contribution in [0.15, 0.2) is 18.2 Å². The Kier molecular flexibility index (Phi) is 6.54. The molecule has 126 valence electrons. The van der Waals surface area contributed by atoms with Gasteiger partial charge in [-0.1, -0.05) is 23.2 Å². The topological polar surface area (TPSA) is 58.6 Å². The molecule has 1 aromatic carbocycles. The third kappa shape index (κ3) is 5.29. The van der Waals surface area contributed by atoms with Gasteiger partial charge in [-0.2, -0.15) is 0 Å². The first-order chi connectivity index (χ1) is 11.0. The van der Waals surface area contributed by atoms with Gasteiger partial charge in [0, 0.05) is 31.1 Å². The number of nitrogens with one attached hydrogen (secondary N) is 1. The normalized spacial score (nSPS) is 15.6. The lowest BCUT2D eigenvalue weighted by atomic mass is 10.3. The van der Waals surface area contributed by atoms with Gasteiger partial charge in [0.05, 0.1) is 5.02 Å². The zero-order chi connectivity index (χ0) is 16.8. The summed E-state index contributed by atoms with van der Waals surface area (Å²) in [5, 5.41) is 3.68. The molecule has 2 amide bonds. The first kappa shape index (κ1) is 17.9. The van der Waals surface area contributed by atoms with E-state index in [9.17, 15) is 9.59 Å². The smallest absolute Gasteiger partial charge is 0.260 e. The van der Waals surface area contributed by atoms with Gasteiger partial charge in [0.25, 0.3) is 5.91 Å². The quantitative estimate of drug-likeness (QED) is 0.762. The van der Waals surface area contributed by atoms with Crippen molar-refractivity contribution in [1.29, 1.82) is 0 Å². The number of benzene rings is 1. The largest absolute Gasteiger partial charge is 0.479 e. The summed E-state index contributed by atoms with van der Waals surface area (Å²) in [4.78, 5) is 25.3. The summed E-state index contributed by atoms with van der Waals surface area (Å²) in [6.45, 7) is 3.66. The summed E-state index contributed by atoms with van der Waals surface area (Å²) in [5.41, 5.74) is 0. The molecule has 1 fully saturated rings. The molecule has 0 aliphatic carbocycles. The average molecular weight is 359 g/mol. The monoisotopic (exact) mass is 358 g/mol. The number of halogens is 2. The zero-order valence-electron chi connectivity index (χ0n) is 13.0. The van der Waals surface area contributed by atoms with Gasteiger partial charge < -0.3 is 15.0 Å². The molecule has 23 heavy (non-hydrogen) atoms. The van der Waals surface area contributed by atoms with Crippen LogP contribution in [0.1, 0.15) is 26.2 Å². The second-order valence-corrected chi connectivity index (χ2v) is 6.31. The molecule has 1 atom stereocenters. The second kappa shape index (κ2) is 8.41. The third-order valence-corrected chi connectivity index (χ3v) is 4.17. The predicted octanol–water partition coefficient (Wildman–Crippen LogP) is 2.89. The van der Waals surface area contributed by atoms with Crippen LogP contribution in [0.3, 0.4) is 0 Å². The Bertz CT molecular complexity index is 580. The van der Waals surface area contributed by atoms with Crippen molar-refractivity contribution in [1.82, 2.24) is 10.2 Å². The van der Waals surface area contributed by atoms with E-state index in [1.54, 1.807) is 25.1 Å². The van der Waals surface area contributed by atoms with E-state index < -0.39 is 6.10 Å². The summed E-state index contributed by atoms with van der Waals surface area (Å²) >= 11 is 11.8. The van der Waals surface area contributed by atoms with E-state index in [1.807, 2.05) is 4.90 Å². The van der Waals surface area contributed by atoms with E-state index in [0.29, 0.717) is 35.3 Å². The van der Waals surface area contributed by atoms with Crippen molar-refractivity contribution in [3.63, 3.8) is 0 Å². The van der Waals surface area contributed by atoms with Crippen LogP contribution < -0.4 is 10.1 Å². The van der Waals surface area contributed by atoms with Gasteiger partial charge >= 0.3 is 0 Å². The lowest BCUT2D eigenvalue weighted by Crippen LogP contribution is -2.38. The van der Waals surface area contributed by atoms with Gasteiger partial charge in [-0.25, -0.2) is 0 Å². The number of hydrogen-bond acceptors (Lipinski definition) is 3. The standard InChI is InChI=1S/C16H20Cl2N2O3/c1-11(23-14-6-5-12(17)10-13(14)18)16(22)19-7-3-9-20-8-2-4-15(20)21/h5-6,10-11H,2-4,7-9H2,1H3,(H,19,22).